The molecule has 1 aliphatic rings. The van der Waals surface area contributed by atoms with Crippen molar-refractivity contribution in [1.29, 1.82) is 0 Å². The third-order valence-electron chi connectivity index (χ3n) is 4.97. The molecule has 1 aliphatic heterocycles. The maximum atomic E-state index is 12.9. The number of benzene rings is 2. The summed E-state index contributed by atoms with van der Waals surface area (Å²) in [5.74, 6) is -0.954. The lowest BCUT2D eigenvalue weighted by Gasteiger charge is -2.16. The highest BCUT2D eigenvalue weighted by Crippen LogP contribution is 2.35. The second-order valence-electron chi connectivity index (χ2n) is 7.08. The second kappa shape index (κ2) is 8.69. The number of carboxylic acids is 1. The van der Waals surface area contributed by atoms with Crippen molar-refractivity contribution in [3.63, 3.8) is 0 Å². The van der Waals surface area contributed by atoms with Gasteiger partial charge in [-0.05, 0) is 54.9 Å². The van der Waals surface area contributed by atoms with Gasteiger partial charge >= 0.3 is 5.97 Å². The first kappa shape index (κ1) is 20.7. The number of amides is 1. The molecule has 0 saturated carbocycles. The lowest BCUT2D eigenvalue weighted by Crippen LogP contribution is -2.31. The van der Waals surface area contributed by atoms with Gasteiger partial charge in [-0.25, -0.2) is 9.79 Å². The number of para-hydroxylation sites is 2. The Balaban J connectivity index is 1.66. The minimum absolute atomic E-state index is 0.135. The Morgan fingerprint density at radius 3 is 2.87 bits per heavy atom. The Labute approximate surface area is 183 Å². The number of carboxylic acid groups (broad SMARTS) is 1. The summed E-state index contributed by atoms with van der Waals surface area (Å²) in [5.41, 5.74) is 3.86. The van der Waals surface area contributed by atoms with E-state index in [0.29, 0.717) is 29.6 Å². The molecule has 1 amide bonds. The van der Waals surface area contributed by atoms with E-state index in [1.54, 1.807) is 19.2 Å². The number of thioether (sulfide) groups is 1. The largest absolute Gasteiger partial charge is 0.494 e. The molecule has 8 heteroatoms. The van der Waals surface area contributed by atoms with E-state index in [2.05, 4.69) is 16.0 Å². The summed E-state index contributed by atoms with van der Waals surface area (Å²) in [6, 6.07) is 13.4. The van der Waals surface area contributed by atoms with Crippen molar-refractivity contribution < 1.29 is 19.4 Å². The molecule has 3 aromatic rings. The number of aromatic nitrogens is 1. The predicted molar refractivity (Wildman–Crippen MR) is 122 cm³/mol. The number of nitrogens with zero attached hydrogens (tertiary/aromatic N) is 2. The molecule has 2 heterocycles. The van der Waals surface area contributed by atoms with Crippen LogP contribution in [0.2, 0.25) is 0 Å². The summed E-state index contributed by atoms with van der Waals surface area (Å²) in [6.07, 6.45) is 3.48. The number of aryl methyl sites for hydroxylation is 1. The number of hydrogen-bond donors (Lipinski definition) is 2. The van der Waals surface area contributed by atoms with Gasteiger partial charge in [0.2, 0.25) is 0 Å². The fourth-order valence-corrected chi connectivity index (χ4v) is 4.44. The summed E-state index contributed by atoms with van der Waals surface area (Å²) >= 11 is 1.06. The molecule has 1 aromatic heterocycles. The van der Waals surface area contributed by atoms with Crippen molar-refractivity contribution in [3.05, 3.63) is 70.8 Å². The van der Waals surface area contributed by atoms with Gasteiger partial charge in [-0.2, -0.15) is 0 Å². The lowest BCUT2D eigenvalue weighted by atomic mass is 10.1. The summed E-state index contributed by atoms with van der Waals surface area (Å²) in [7, 11) is 1.55. The molecule has 4 rings (SSSR count). The standard InChI is InChI=1S/C23H21N3O4S/c1-14-7-8-17-16(11-14)15(13-24-17)9-10-26-22(29)20(12-21(27)28)31-23(26)25-18-5-3-4-6-19(18)30-2/h3-8,11-13,24H,9-10H2,1-2H3,(H,27,28). The normalized spacial score (nSPS) is 16.6. The van der Waals surface area contributed by atoms with Crippen molar-refractivity contribution >= 4 is 45.4 Å². The number of fused-ring (bicyclic) bond motifs is 1. The van der Waals surface area contributed by atoms with Crippen LogP contribution in [0, 0.1) is 6.92 Å². The Morgan fingerprint density at radius 2 is 2.10 bits per heavy atom. The van der Waals surface area contributed by atoms with Gasteiger partial charge in [-0.15, -0.1) is 0 Å². The molecule has 2 aromatic carbocycles. The number of amidine groups is 1. The van der Waals surface area contributed by atoms with Crippen LogP contribution in [0.5, 0.6) is 5.75 Å². The molecule has 7 nitrogen and oxygen atoms in total. The zero-order chi connectivity index (χ0) is 22.0. The van der Waals surface area contributed by atoms with Gasteiger partial charge in [-0.3, -0.25) is 9.69 Å². The van der Waals surface area contributed by atoms with Gasteiger partial charge < -0.3 is 14.8 Å². The molecule has 2 N–H and O–H groups in total. The Morgan fingerprint density at radius 1 is 1.29 bits per heavy atom. The molecule has 1 saturated heterocycles. The van der Waals surface area contributed by atoms with E-state index in [1.807, 2.05) is 37.4 Å². The number of nitrogens with one attached hydrogen (secondary N) is 1. The van der Waals surface area contributed by atoms with Crippen molar-refractivity contribution in [2.45, 2.75) is 13.3 Å². The summed E-state index contributed by atoms with van der Waals surface area (Å²) in [5, 5.41) is 10.7. The van der Waals surface area contributed by atoms with E-state index >= 15 is 0 Å². The van der Waals surface area contributed by atoms with Gasteiger partial charge in [0.25, 0.3) is 5.91 Å². The highest BCUT2D eigenvalue weighted by Gasteiger charge is 2.34. The minimum Gasteiger partial charge on any atom is -0.494 e. The highest BCUT2D eigenvalue weighted by molar-refractivity contribution is 8.18. The quantitative estimate of drug-likeness (QED) is 0.564. The van der Waals surface area contributed by atoms with E-state index in [9.17, 15) is 9.59 Å². The number of hydrogen-bond acceptors (Lipinski definition) is 5. The molecule has 0 aliphatic carbocycles. The summed E-state index contributed by atoms with van der Waals surface area (Å²) in [4.78, 5) is 33.6. The number of aromatic amines is 1. The third-order valence-corrected chi connectivity index (χ3v) is 5.98. The molecule has 0 unspecified atom stereocenters. The van der Waals surface area contributed by atoms with Gasteiger partial charge in [0.1, 0.15) is 11.4 Å². The smallest absolute Gasteiger partial charge is 0.329 e. The van der Waals surface area contributed by atoms with Crippen molar-refractivity contribution in [2.24, 2.45) is 4.99 Å². The number of H-pyrrole nitrogens is 1. The molecule has 1 fully saturated rings. The van der Waals surface area contributed by atoms with Gasteiger partial charge in [0.05, 0.1) is 12.0 Å². The van der Waals surface area contributed by atoms with E-state index in [-0.39, 0.29) is 10.8 Å². The highest BCUT2D eigenvalue weighted by atomic mass is 32.2. The summed E-state index contributed by atoms with van der Waals surface area (Å²) in [6.45, 7) is 2.41. The molecule has 31 heavy (non-hydrogen) atoms. The first-order valence-corrected chi connectivity index (χ1v) is 10.5. The van der Waals surface area contributed by atoms with Gasteiger partial charge in [0.15, 0.2) is 5.17 Å². The van der Waals surface area contributed by atoms with Gasteiger partial charge in [0, 0.05) is 29.7 Å². The fourth-order valence-electron chi connectivity index (χ4n) is 3.46. The maximum Gasteiger partial charge on any atom is 0.329 e. The van der Waals surface area contributed by atoms with Crippen LogP contribution < -0.4 is 4.74 Å². The molecule has 0 radical (unpaired) electrons. The van der Waals surface area contributed by atoms with E-state index in [4.69, 9.17) is 9.84 Å². The van der Waals surface area contributed by atoms with Gasteiger partial charge in [-0.1, -0.05) is 23.8 Å². The Hall–Kier alpha value is -3.52. The average Bonchev–Trinajstić information content (AvgIpc) is 3.27. The average molecular weight is 436 g/mol. The monoisotopic (exact) mass is 435 g/mol. The molecule has 0 atom stereocenters. The topological polar surface area (TPSA) is 95.0 Å². The van der Waals surface area contributed by atoms with Crippen molar-refractivity contribution in [3.8, 4) is 5.75 Å². The van der Waals surface area contributed by atoms with E-state index in [1.165, 1.54) is 4.90 Å². The number of rotatable bonds is 6. The number of methoxy groups -OCH3 is 1. The van der Waals surface area contributed by atoms with Crippen LogP contribution in [0.25, 0.3) is 10.9 Å². The zero-order valence-corrected chi connectivity index (χ0v) is 17.9. The number of aliphatic imine (C=N–C) groups is 1. The van der Waals surface area contributed by atoms with Crippen LogP contribution in [-0.4, -0.2) is 45.7 Å². The molecular formula is C23H21N3O4S. The predicted octanol–water partition coefficient (Wildman–Crippen LogP) is 4.26. The van der Waals surface area contributed by atoms with E-state index < -0.39 is 5.97 Å². The molecule has 158 valence electrons. The Bertz CT molecular complexity index is 1230. The van der Waals surface area contributed by atoms with Crippen molar-refractivity contribution in [2.75, 3.05) is 13.7 Å². The number of carbonyl (C=O) groups excluding carboxylic acids is 1. The number of ether oxygens (including phenoxy) is 1. The van der Waals surface area contributed by atoms with Crippen LogP contribution in [0.1, 0.15) is 11.1 Å². The van der Waals surface area contributed by atoms with Crippen molar-refractivity contribution in [1.82, 2.24) is 9.88 Å². The lowest BCUT2D eigenvalue weighted by molar-refractivity contribution is -0.132. The third kappa shape index (κ3) is 4.34. The van der Waals surface area contributed by atoms with Crippen LogP contribution in [0.3, 0.4) is 0 Å². The Kier molecular flexibility index (Phi) is 5.81. The fraction of sp³-hybridized carbons (Fsp3) is 0.174. The SMILES string of the molecule is COc1ccccc1N=C1SC(=CC(=O)O)C(=O)N1CCc1c[nH]c2ccc(C)cc12. The first-order chi connectivity index (χ1) is 15.0. The minimum atomic E-state index is -1.17. The van der Waals surface area contributed by atoms with Crippen LogP contribution >= 0.6 is 11.8 Å². The number of carbonyl (C=O) groups is 2. The zero-order valence-electron chi connectivity index (χ0n) is 17.1. The van der Waals surface area contributed by atoms with E-state index in [0.717, 1.165) is 39.9 Å². The summed E-state index contributed by atoms with van der Waals surface area (Å²) < 4.78 is 5.35. The molecule has 0 bridgehead atoms. The first-order valence-electron chi connectivity index (χ1n) is 9.69. The second-order valence-corrected chi connectivity index (χ2v) is 8.09. The maximum absolute atomic E-state index is 12.9. The number of aliphatic carboxylic acids is 1. The van der Waals surface area contributed by atoms with Crippen LogP contribution in [-0.2, 0) is 16.0 Å². The molecule has 0 spiro atoms. The molecular weight excluding hydrogens is 414 g/mol. The van der Waals surface area contributed by atoms with Crippen LogP contribution in [0.15, 0.2) is 64.6 Å². The van der Waals surface area contributed by atoms with Crippen LogP contribution in [0.4, 0.5) is 5.69 Å².